The van der Waals surface area contributed by atoms with Crippen molar-refractivity contribution >= 4 is 29.4 Å². The molecule has 8 nitrogen and oxygen atoms in total. The van der Waals surface area contributed by atoms with Gasteiger partial charge in [-0.15, -0.1) is 0 Å². The molecule has 4 aromatic rings. The van der Waals surface area contributed by atoms with Crippen LogP contribution in [0.15, 0.2) is 85.1 Å². The van der Waals surface area contributed by atoms with Crippen LogP contribution in [0.2, 0.25) is 5.02 Å². The molecule has 0 spiro atoms. The molecular formula is C27H20ClN5O3. The maximum Gasteiger partial charge on any atom is 0.418 e. The Hall–Kier alpha value is -4.61. The Morgan fingerprint density at radius 1 is 1.03 bits per heavy atom. The number of benzene rings is 3. The van der Waals surface area contributed by atoms with E-state index in [4.69, 9.17) is 21.6 Å². The largest absolute Gasteiger partial charge is 0.418 e. The van der Waals surface area contributed by atoms with E-state index in [2.05, 4.69) is 15.7 Å². The van der Waals surface area contributed by atoms with Crippen LogP contribution in [0.3, 0.4) is 0 Å². The van der Waals surface area contributed by atoms with Crippen LogP contribution in [0.4, 0.5) is 10.6 Å². The molecular weight excluding hydrogens is 478 g/mol. The molecule has 5 rings (SSSR count). The average Bonchev–Trinajstić information content (AvgIpc) is 3.64. The van der Waals surface area contributed by atoms with Gasteiger partial charge in [-0.3, -0.25) is 15.4 Å². The molecule has 1 aromatic heterocycles. The number of amides is 2. The van der Waals surface area contributed by atoms with Gasteiger partial charge < -0.3 is 4.74 Å². The average molecular weight is 498 g/mol. The first-order valence-electron chi connectivity index (χ1n) is 11.2. The minimum absolute atomic E-state index is 0.219. The highest BCUT2D eigenvalue weighted by atomic mass is 35.5. The zero-order valence-electron chi connectivity index (χ0n) is 18.9. The van der Waals surface area contributed by atoms with Crippen LogP contribution in [-0.2, 0) is 10.2 Å². The van der Waals surface area contributed by atoms with Crippen LogP contribution in [0, 0.1) is 11.5 Å². The second-order valence-corrected chi connectivity index (χ2v) is 8.73. The summed E-state index contributed by atoms with van der Waals surface area (Å²) < 4.78 is 6.80. The summed E-state index contributed by atoms with van der Waals surface area (Å²) in [5.74, 6) is 0.260. The van der Waals surface area contributed by atoms with Crippen LogP contribution in [0.25, 0.3) is 16.8 Å². The number of halogens is 1. The number of carbonyl (C=O) groups is 2. The number of aromatic nitrogens is 2. The topological polar surface area (TPSA) is 109 Å². The number of nitrogens with zero attached hydrogens (tertiary/aromatic N) is 3. The van der Waals surface area contributed by atoms with E-state index in [-0.39, 0.29) is 16.7 Å². The van der Waals surface area contributed by atoms with Crippen LogP contribution in [0.5, 0.6) is 5.75 Å². The molecule has 0 bridgehead atoms. The minimum atomic E-state index is -0.826. The maximum absolute atomic E-state index is 12.9. The molecule has 178 valence electrons. The Morgan fingerprint density at radius 2 is 1.72 bits per heavy atom. The van der Waals surface area contributed by atoms with Crippen molar-refractivity contribution in [3.05, 3.63) is 95.6 Å². The summed E-state index contributed by atoms with van der Waals surface area (Å²) in [5.41, 5.74) is 2.35. The summed E-state index contributed by atoms with van der Waals surface area (Å²) in [6.07, 6.45) is 3.66. The van der Waals surface area contributed by atoms with Gasteiger partial charge in [-0.2, -0.15) is 10.4 Å². The van der Waals surface area contributed by atoms with Gasteiger partial charge in [-0.05, 0) is 53.8 Å². The number of nitrogens with one attached hydrogen (secondary N) is 2. The van der Waals surface area contributed by atoms with Crippen LogP contribution in [0.1, 0.15) is 18.4 Å². The molecule has 36 heavy (non-hydrogen) atoms. The maximum atomic E-state index is 12.9. The van der Waals surface area contributed by atoms with E-state index in [9.17, 15) is 9.59 Å². The molecule has 0 saturated heterocycles. The second-order valence-electron chi connectivity index (χ2n) is 8.32. The molecule has 2 N–H and O–H groups in total. The van der Waals surface area contributed by atoms with Gasteiger partial charge in [0.15, 0.2) is 12.0 Å². The first-order chi connectivity index (χ1) is 17.5. The molecule has 2 amide bonds. The van der Waals surface area contributed by atoms with Crippen molar-refractivity contribution in [3.8, 4) is 28.8 Å². The normalized spacial score (nSPS) is 13.3. The first kappa shape index (κ1) is 23.1. The summed E-state index contributed by atoms with van der Waals surface area (Å²) in [5, 5.41) is 18.6. The van der Waals surface area contributed by atoms with Gasteiger partial charge >= 0.3 is 6.09 Å². The van der Waals surface area contributed by atoms with Crippen molar-refractivity contribution in [2.45, 2.75) is 18.3 Å². The molecule has 1 heterocycles. The fourth-order valence-electron chi connectivity index (χ4n) is 4.20. The molecule has 1 fully saturated rings. The number of para-hydroxylation sites is 1. The highest BCUT2D eigenvalue weighted by Crippen LogP contribution is 2.52. The van der Waals surface area contributed by atoms with Crippen LogP contribution < -0.4 is 15.4 Å². The zero-order valence-corrected chi connectivity index (χ0v) is 19.7. The third kappa shape index (κ3) is 4.40. The van der Waals surface area contributed by atoms with Crippen molar-refractivity contribution in [2.24, 2.45) is 0 Å². The molecule has 0 unspecified atom stereocenters. The van der Waals surface area contributed by atoms with E-state index >= 15 is 0 Å². The van der Waals surface area contributed by atoms with Gasteiger partial charge in [0.2, 0.25) is 5.91 Å². The summed E-state index contributed by atoms with van der Waals surface area (Å²) in [4.78, 5) is 25.4. The second kappa shape index (κ2) is 9.56. The predicted octanol–water partition coefficient (Wildman–Crippen LogP) is 5.43. The number of hydrogen-bond donors (Lipinski definition) is 2. The van der Waals surface area contributed by atoms with E-state index in [1.165, 1.54) is 10.9 Å². The van der Waals surface area contributed by atoms with Gasteiger partial charge in [0.1, 0.15) is 10.8 Å². The standard InChI is InChI=1S/C27H20ClN5O3/c28-23-16-31-33(24(23)32-26(35)36-20-9-5-2-6-10-20)19-11-12-21(18-7-3-1-4-8-18)22(15-19)27(13-14-27)25(34)30-17-29/h1-12,15-16H,13-14H2,(H,30,34)(H,32,35). The Kier molecular flexibility index (Phi) is 6.15. The fourth-order valence-corrected chi connectivity index (χ4v) is 4.37. The van der Waals surface area contributed by atoms with E-state index in [0.717, 1.165) is 16.7 Å². The first-order valence-corrected chi connectivity index (χ1v) is 11.6. The molecule has 3 aromatic carbocycles. The summed E-state index contributed by atoms with van der Waals surface area (Å²) in [6.45, 7) is 0. The quantitative estimate of drug-likeness (QED) is 0.272. The third-order valence-corrected chi connectivity index (χ3v) is 6.38. The van der Waals surface area contributed by atoms with Crippen molar-refractivity contribution in [3.63, 3.8) is 0 Å². The number of carbonyl (C=O) groups excluding carboxylic acids is 2. The lowest BCUT2D eigenvalue weighted by molar-refractivity contribution is -0.122. The van der Waals surface area contributed by atoms with E-state index in [0.29, 0.717) is 24.3 Å². The van der Waals surface area contributed by atoms with Crippen molar-refractivity contribution in [1.82, 2.24) is 15.1 Å². The Bertz CT molecular complexity index is 1470. The molecule has 0 radical (unpaired) electrons. The highest BCUT2D eigenvalue weighted by molar-refractivity contribution is 6.33. The SMILES string of the molecule is N#CNC(=O)C1(c2cc(-n3ncc(Cl)c3NC(=O)Oc3ccccc3)ccc2-c2ccccc2)CC1. The Balaban J connectivity index is 1.54. The molecule has 0 aliphatic heterocycles. The smallest absolute Gasteiger partial charge is 0.410 e. The van der Waals surface area contributed by atoms with Gasteiger partial charge in [-0.1, -0.05) is 66.2 Å². The number of ether oxygens (including phenoxy) is 1. The minimum Gasteiger partial charge on any atom is -0.410 e. The molecule has 1 saturated carbocycles. The molecule has 1 aliphatic rings. The Labute approximate surface area is 212 Å². The molecule has 9 heteroatoms. The van der Waals surface area contributed by atoms with Gasteiger partial charge in [-0.25, -0.2) is 9.48 Å². The van der Waals surface area contributed by atoms with Crippen molar-refractivity contribution in [1.29, 1.82) is 5.26 Å². The van der Waals surface area contributed by atoms with E-state index in [1.54, 1.807) is 30.5 Å². The third-order valence-electron chi connectivity index (χ3n) is 6.10. The molecule has 1 aliphatic carbocycles. The van der Waals surface area contributed by atoms with Gasteiger partial charge in [0.25, 0.3) is 0 Å². The van der Waals surface area contributed by atoms with Crippen LogP contribution >= 0.6 is 11.6 Å². The zero-order chi connectivity index (χ0) is 25.1. The lowest BCUT2D eigenvalue weighted by atomic mass is 9.87. The fraction of sp³-hybridized carbons (Fsp3) is 0.111. The van der Waals surface area contributed by atoms with Gasteiger partial charge in [0.05, 0.1) is 17.3 Å². The Morgan fingerprint density at radius 3 is 2.39 bits per heavy atom. The summed E-state index contributed by atoms with van der Waals surface area (Å²) in [6, 6.07) is 23.9. The number of anilines is 1. The number of hydrogen-bond acceptors (Lipinski definition) is 5. The van der Waals surface area contributed by atoms with E-state index in [1.807, 2.05) is 54.6 Å². The molecule has 0 atom stereocenters. The monoisotopic (exact) mass is 497 g/mol. The summed E-state index contributed by atoms with van der Waals surface area (Å²) >= 11 is 6.35. The lowest BCUT2D eigenvalue weighted by Gasteiger charge is -2.20. The van der Waals surface area contributed by atoms with Gasteiger partial charge in [0, 0.05) is 0 Å². The van der Waals surface area contributed by atoms with Crippen LogP contribution in [-0.4, -0.2) is 21.8 Å². The highest BCUT2D eigenvalue weighted by Gasteiger charge is 2.52. The summed E-state index contributed by atoms with van der Waals surface area (Å²) in [7, 11) is 0. The lowest BCUT2D eigenvalue weighted by Crippen LogP contribution is -2.32. The predicted molar refractivity (Wildman–Crippen MR) is 135 cm³/mol. The van der Waals surface area contributed by atoms with E-state index < -0.39 is 11.5 Å². The number of rotatable bonds is 6. The van der Waals surface area contributed by atoms with Crippen molar-refractivity contribution < 1.29 is 14.3 Å². The van der Waals surface area contributed by atoms with Crippen molar-refractivity contribution in [2.75, 3.05) is 5.32 Å². The number of nitriles is 1.